The summed E-state index contributed by atoms with van der Waals surface area (Å²) in [5.41, 5.74) is -2.56. The molecule has 0 fully saturated rings. The Morgan fingerprint density at radius 1 is 0.879 bits per heavy atom. The van der Waals surface area contributed by atoms with Crippen LogP contribution in [0.15, 0.2) is 42.6 Å². The number of nitrogens with zero attached hydrogens (tertiary/aromatic N) is 1. The van der Waals surface area contributed by atoms with Crippen molar-refractivity contribution >= 4 is 5.78 Å². The van der Waals surface area contributed by atoms with Crippen LogP contribution in [0.2, 0.25) is 0 Å². The number of ketones is 1. The van der Waals surface area contributed by atoms with Crippen molar-refractivity contribution < 1.29 is 31.1 Å². The number of carbonyl (C=O) groups excluding carboxylic acids is 1. The Kier molecular flexibility index (Phi) is 7.71. The lowest BCUT2D eigenvalue weighted by molar-refractivity contribution is -0.139. The maximum absolute atomic E-state index is 13.7. The maximum Gasteiger partial charge on any atom is 0.418 e. The molecule has 0 amide bonds. The van der Waals surface area contributed by atoms with Crippen LogP contribution >= 0.6 is 0 Å². The van der Waals surface area contributed by atoms with Crippen molar-refractivity contribution in [3.8, 4) is 0 Å². The standard InChI is InChI=1S/C25H29F6NO/c1-22(2,3)15-23(4,5)14-18(33)13-19(16-8-10-17(11-9-16)24(26,27)28)21-20(25(29,30)31)7-6-12-32-21/h6-12,19H,13-15H2,1-5H3/t19-/m0/s1. The normalized spacial score (nSPS) is 14.3. The van der Waals surface area contributed by atoms with E-state index in [9.17, 15) is 31.1 Å². The molecule has 0 bridgehead atoms. The van der Waals surface area contributed by atoms with E-state index in [0.29, 0.717) is 6.42 Å². The van der Waals surface area contributed by atoms with Crippen molar-refractivity contribution in [2.24, 2.45) is 10.8 Å². The average Bonchev–Trinajstić information content (AvgIpc) is 2.62. The highest BCUT2D eigenvalue weighted by Crippen LogP contribution is 2.41. The fourth-order valence-corrected chi connectivity index (χ4v) is 4.54. The van der Waals surface area contributed by atoms with Crippen LogP contribution in [0.25, 0.3) is 0 Å². The molecule has 1 atom stereocenters. The van der Waals surface area contributed by atoms with Crippen molar-refractivity contribution in [1.29, 1.82) is 0 Å². The van der Waals surface area contributed by atoms with Gasteiger partial charge in [-0.3, -0.25) is 9.78 Å². The van der Waals surface area contributed by atoms with Crippen LogP contribution < -0.4 is 0 Å². The zero-order chi connectivity index (χ0) is 25.2. The second-order valence-electron chi connectivity index (χ2n) is 10.4. The summed E-state index contributed by atoms with van der Waals surface area (Å²) in [6.07, 6.45) is -7.55. The second-order valence-corrected chi connectivity index (χ2v) is 10.4. The van der Waals surface area contributed by atoms with Gasteiger partial charge < -0.3 is 0 Å². The summed E-state index contributed by atoms with van der Waals surface area (Å²) in [5, 5.41) is 0. The first kappa shape index (κ1) is 26.9. The minimum atomic E-state index is -4.72. The van der Waals surface area contributed by atoms with Gasteiger partial charge in [-0.25, -0.2) is 0 Å². The summed E-state index contributed by atoms with van der Waals surface area (Å²) in [7, 11) is 0. The van der Waals surface area contributed by atoms with E-state index >= 15 is 0 Å². The molecule has 0 aliphatic heterocycles. The zero-order valence-electron chi connectivity index (χ0n) is 19.4. The van der Waals surface area contributed by atoms with Crippen molar-refractivity contribution in [3.63, 3.8) is 0 Å². The van der Waals surface area contributed by atoms with E-state index in [1.807, 2.05) is 34.6 Å². The highest BCUT2D eigenvalue weighted by molar-refractivity contribution is 5.80. The van der Waals surface area contributed by atoms with E-state index in [1.54, 1.807) is 0 Å². The predicted molar refractivity (Wildman–Crippen MR) is 115 cm³/mol. The molecule has 1 aromatic heterocycles. The zero-order valence-corrected chi connectivity index (χ0v) is 19.4. The number of carbonyl (C=O) groups is 1. The van der Waals surface area contributed by atoms with Crippen LogP contribution in [0.4, 0.5) is 26.3 Å². The smallest absolute Gasteiger partial charge is 0.300 e. The van der Waals surface area contributed by atoms with Crippen LogP contribution in [-0.4, -0.2) is 10.8 Å². The van der Waals surface area contributed by atoms with Gasteiger partial charge in [0, 0.05) is 25.0 Å². The molecule has 2 nitrogen and oxygen atoms in total. The van der Waals surface area contributed by atoms with Gasteiger partial charge in [0.25, 0.3) is 0 Å². The Bertz CT molecular complexity index is 953. The molecule has 1 aromatic carbocycles. The first-order chi connectivity index (χ1) is 14.9. The Morgan fingerprint density at radius 3 is 1.94 bits per heavy atom. The van der Waals surface area contributed by atoms with Crippen molar-refractivity contribution in [3.05, 3.63) is 65.0 Å². The molecule has 0 N–H and O–H groups in total. The lowest BCUT2D eigenvalue weighted by Crippen LogP contribution is -2.25. The minimum Gasteiger partial charge on any atom is -0.300 e. The van der Waals surface area contributed by atoms with E-state index in [0.717, 1.165) is 36.4 Å². The first-order valence-electron chi connectivity index (χ1n) is 10.6. The molecule has 0 unspecified atom stereocenters. The molecule has 0 saturated heterocycles. The monoisotopic (exact) mass is 473 g/mol. The predicted octanol–water partition coefficient (Wildman–Crippen LogP) is 8.06. The molecule has 0 aliphatic carbocycles. The van der Waals surface area contributed by atoms with Crippen molar-refractivity contribution in [1.82, 2.24) is 4.98 Å². The van der Waals surface area contributed by atoms with Gasteiger partial charge in [-0.15, -0.1) is 0 Å². The number of benzene rings is 1. The largest absolute Gasteiger partial charge is 0.418 e. The minimum absolute atomic E-state index is 0.0545. The highest BCUT2D eigenvalue weighted by Gasteiger charge is 2.38. The molecule has 33 heavy (non-hydrogen) atoms. The van der Waals surface area contributed by atoms with E-state index in [4.69, 9.17) is 0 Å². The van der Waals surface area contributed by atoms with Crippen LogP contribution in [0.1, 0.15) is 82.2 Å². The summed E-state index contributed by atoms with van der Waals surface area (Å²) in [6.45, 7) is 9.95. The van der Waals surface area contributed by atoms with Gasteiger partial charge in [0.15, 0.2) is 0 Å². The highest BCUT2D eigenvalue weighted by atomic mass is 19.4. The Morgan fingerprint density at radius 2 is 1.45 bits per heavy atom. The number of aromatic nitrogens is 1. The van der Waals surface area contributed by atoms with Gasteiger partial charge >= 0.3 is 12.4 Å². The summed E-state index contributed by atoms with van der Waals surface area (Å²) in [5.74, 6) is -1.39. The molecule has 8 heteroatoms. The van der Waals surface area contributed by atoms with Gasteiger partial charge in [-0.2, -0.15) is 26.3 Å². The van der Waals surface area contributed by atoms with E-state index in [1.165, 1.54) is 6.20 Å². The summed E-state index contributed by atoms with van der Waals surface area (Å²) < 4.78 is 79.9. The topological polar surface area (TPSA) is 30.0 Å². The molecule has 0 spiro atoms. The van der Waals surface area contributed by atoms with Gasteiger partial charge in [0.1, 0.15) is 5.78 Å². The summed E-state index contributed by atoms with van der Waals surface area (Å²) in [4.78, 5) is 16.9. The van der Waals surface area contributed by atoms with Crippen molar-refractivity contribution in [2.75, 3.05) is 0 Å². The third-order valence-corrected chi connectivity index (χ3v) is 5.23. The second kappa shape index (κ2) is 9.47. The molecule has 0 saturated carbocycles. The van der Waals surface area contributed by atoms with Crippen LogP contribution in [0, 0.1) is 10.8 Å². The molecule has 182 valence electrons. The fourth-order valence-electron chi connectivity index (χ4n) is 4.54. The lowest BCUT2D eigenvalue weighted by Gasteiger charge is -2.32. The third kappa shape index (κ3) is 7.86. The van der Waals surface area contributed by atoms with Crippen LogP contribution in [-0.2, 0) is 17.1 Å². The van der Waals surface area contributed by atoms with E-state index in [-0.39, 0.29) is 35.3 Å². The number of halogens is 6. The van der Waals surface area contributed by atoms with Crippen LogP contribution in [0.3, 0.4) is 0 Å². The molecule has 0 radical (unpaired) electrons. The Hall–Kier alpha value is -2.38. The molecule has 2 aromatic rings. The molecule has 1 heterocycles. The van der Waals surface area contributed by atoms with Gasteiger partial charge in [-0.05, 0) is 47.1 Å². The number of alkyl halides is 6. The van der Waals surface area contributed by atoms with Gasteiger partial charge in [-0.1, -0.05) is 46.8 Å². The van der Waals surface area contributed by atoms with E-state index in [2.05, 4.69) is 4.98 Å². The maximum atomic E-state index is 13.7. The number of rotatable bonds is 7. The number of pyridine rings is 1. The molecular formula is C25H29F6NO. The SMILES string of the molecule is CC(C)(C)CC(C)(C)CC(=O)C[C@@H](c1ccc(C(F)(F)F)cc1)c1ncccc1C(F)(F)F. The number of hydrogen-bond acceptors (Lipinski definition) is 2. The number of Topliss-reactive ketones (excluding diaryl/α,β-unsaturated/α-hetero) is 1. The van der Waals surface area contributed by atoms with Crippen molar-refractivity contribution in [2.45, 2.75) is 72.2 Å². The quantitative estimate of drug-likeness (QED) is 0.381. The fraction of sp³-hybridized carbons (Fsp3) is 0.520. The van der Waals surface area contributed by atoms with E-state index < -0.39 is 34.8 Å². The third-order valence-electron chi connectivity index (χ3n) is 5.23. The molecule has 0 aliphatic rings. The average molecular weight is 474 g/mol. The molecule has 2 rings (SSSR count). The Balaban J connectivity index is 2.46. The summed E-state index contributed by atoms with van der Waals surface area (Å²) >= 11 is 0. The lowest BCUT2D eigenvalue weighted by atomic mass is 9.72. The first-order valence-corrected chi connectivity index (χ1v) is 10.6. The summed E-state index contributed by atoms with van der Waals surface area (Å²) in [6, 6.07) is 5.88. The number of hydrogen-bond donors (Lipinski definition) is 0. The molecular weight excluding hydrogens is 444 g/mol. The Labute approximate surface area is 190 Å². The van der Waals surface area contributed by atoms with Gasteiger partial charge in [0.05, 0.1) is 16.8 Å². The van der Waals surface area contributed by atoms with Crippen LogP contribution in [0.5, 0.6) is 0 Å². The van der Waals surface area contributed by atoms with Gasteiger partial charge in [0.2, 0.25) is 0 Å².